The van der Waals surface area contributed by atoms with Crippen molar-refractivity contribution in [1.29, 1.82) is 0 Å². The van der Waals surface area contributed by atoms with Crippen LogP contribution in [0.15, 0.2) is 17.6 Å². The monoisotopic (exact) mass is 179 g/mol. The molecule has 13 heavy (non-hydrogen) atoms. The van der Waals surface area contributed by atoms with Crippen LogP contribution in [0.25, 0.3) is 0 Å². The summed E-state index contributed by atoms with van der Waals surface area (Å²) in [4.78, 5) is 9.30. The van der Waals surface area contributed by atoms with E-state index in [0.717, 1.165) is 19.6 Å². The predicted molar refractivity (Wildman–Crippen MR) is 54.9 cm³/mol. The van der Waals surface area contributed by atoms with Crippen molar-refractivity contribution in [3.8, 4) is 0 Å². The molecule has 0 aliphatic carbocycles. The van der Waals surface area contributed by atoms with Crippen molar-refractivity contribution in [3.63, 3.8) is 0 Å². The minimum atomic E-state index is 0.940. The van der Waals surface area contributed by atoms with Gasteiger partial charge in [-0.05, 0) is 12.8 Å². The lowest BCUT2D eigenvalue weighted by atomic mass is 10.2. The van der Waals surface area contributed by atoms with Crippen LogP contribution in [-0.4, -0.2) is 48.5 Å². The van der Waals surface area contributed by atoms with Gasteiger partial charge < -0.3 is 9.80 Å². The zero-order valence-electron chi connectivity index (χ0n) is 8.08. The molecule has 1 fully saturated rings. The Hall–Kier alpha value is -0.990. The van der Waals surface area contributed by atoms with Crippen molar-refractivity contribution in [2.45, 2.75) is 12.8 Å². The zero-order valence-corrected chi connectivity index (χ0v) is 8.08. The SMILES string of the molecule is C=CCN1CCCN2CCCN=C12. The van der Waals surface area contributed by atoms with Gasteiger partial charge in [0.25, 0.3) is 0 Å². The first-order chi connectivity index (χ1) is 6.42. The third kappa shape index (κ3) is 1.69. The van der Waals surface area contributed by atoms with Crippen LogP contribution in [0.2, 0.25) is 0 Å². The van der Waals surface area contributed by atoms with Crippen molar-refractivity contribution >= 4 is 5.96 Å². The first kappa shape index (κ1) is 8.60. The Morgan fingerprint density at radius 2 is 2.15 bits per heavy atom. The summed E-state index contributed by atoms with van der Waals surface area (Å²) in [5.41, 5.74) is 0. The molecule has 3 nitrogen and oxygen atoms in total. The quantitative estimate of drug-likeness (QED) is 0.587. The standard InChI is InChI=1S/C10H17N3/c1-2-6-12-8-4-9-13-7-3-5-11-10(12)13/h2H,1,3-9H2. The molecule has 0 spiro atoms. The van der Waals surface area contributed by atoms with E-state index in [9.17, 15) is 0 Å². The van der Waals surface area contributed by atoms with E-state index in [1.54, 1.807) is 0 Å². The van der Waals surface area contributed by atoms with Gasteiger partial charge in [0, 0.05) is 32.7 Å². The van der Waals surface area contributed by atoms with E-state index in [2.05, 4.69) is 21.4 Å². The van der Waals surface area contributed by atoms with Crippen molar-refractivity contribution in [1.82, 2.24) is 9.80 Å². The average molecular weight is 179 g/mol. The fourth-order valence-corrected chi connectivity index (χ4v) is 2.03. The topological polar surface area (TPSA) is 18.8 Å². The second-order valence-electron chi connectivity index (χ2n) is 3.61. The van der Waals surface area contributed by atoms with Gasteiger partial charge in [-0.1, -0.05) is 6.08 Å². The van der Waals surface area contributed by atoms with Crippen molar-refractivity contribution < 1.29 is 0 Å². The molecule has 0 amide bonds. The average Bonchev–Trinajstić information content (AvgIpc) is 2.19. The molecule has 1 saturated heterocycles. The Balaban J connectivity index is 2.09. The van der Waals surface area contributed by atoms with E-state index in [0.29, 0.717) is 0 Å². The lowest BCUT2D eigenvalue weighted by molar-refractivity contribution is 0.256. The van der Waals surface area contributed by atoms with E-state index < -0.39 is 0 Å². The number of nitrogens with zero attached hydrogens (tertiary/aromatic N) is 3. The smallest absolute Gasteiger partial charge is 0.196 e. The largest absolute Gasteiger partial charge is 0.343 e. The molecule has 0 aromatic rings. The van der Waals surface area contributed by atoms with E-state index in [-0.39, 0.29) is 0 Å². The molecular formula is C10H17N3. The summed E-state index contributed by atoms with van der Waals surface area (Å²) in [5, 5.41) is 0. The molecule has 0 saturated carbocycles. The van der Waals surface area contributed by atoms with Crippen molar-refractivity contribution in [2.24, 2.45) is 4.99 Å². The van der Waals surface area contributed by atoms with Crippen LogP contribution in [0.4, 0.5) is 0 Å². The second-order valence-corrected chi connectivity index (χ2v) is 3.61. The molecule has 0 aromatic carbocycles. The van der Waals surface area contributed by atoms with Crippen LogP contribution in [0.5, 0.6) is 0 Å². The fraction of sp³-hybridized carbons (Fsp3) is 0.700. The third-order valence-electron chi connectivity index (χ3n) is 2.61. The van der Waals surface area contributed by atoms with E-state index in [4.69, 9.17) is 0 Å². The van der Waals surface area contributed by atoms with Gasteiger partial charge in [0.2, 0.25) is 0 Å². The molecule has 2 heterocycles. The molecule has 0 unspecified atom stereocenters. The number of aliphatic imine (C=N–C) groups is 1. The minimum Gasteiger partial charge on any atom is -0.343 e. The van der Waals surface area contributed by atoms with Gasteiger partial charge >= 0.3 is 0 Å². The maximum absolute atomic E-state index is 4.57. The summed E-state index contributed by atoms with van der Waals surface area (Å²) >= 11 is 0. The number of rotatable bonds is 2. The predicted octanol–water partition coefficient (Wildman–Crippen LogP) is 0.940. The number of fused-ring (bicyclic) bond motifs is 1. The Bertz CT molecular complexity index is 222. The van der Waals surface area contributed by atoms with Gasteiger partial charge in [-0.25, -0.2) is 0 Å². The molecule has 2 aliphatic rings. The Morgan fingerprint density at radius 3 is 3.00 bits per heavy atom. The molecule has 2 aliphatic heterocycles. The lowest BCUT2D eigenvalue weighted by Gasteiger charge is -2.40. The first-order valence-electron chi connectivity index (χ1n) is 5.07. The molecule has 0 aromatic heterocycles. The van der Waals surface area contributed by atoms with Crippen LogP contribution in [0, 0.1) is 0 Å². The Morgan fingerprint density at radius 1 is 1.31 bits per heavy atom. The molecule has 0 radical (unpaired) electrons. The number of hydrogen-bond donors (Lipinski definition) is 0. The van der Waals surface area contributed by atoms with Gasteiger partial charge in [-0.3, -0.25) is 4.99 Å². The van der Waals surface area contributed by atoms with Crippen LogP contribution in [0.3, 0.4) is 0 Å². The first-order valence-corrected chi connectivity index (χ1v) is 5.07. The summed E-state index contributed by atoms with van der Waals surface area (Å²) in [6.45, 7) is 9.23. The molecule has 0 N–H and O–H groups in total. The third-order valence-corrected chi connectivity index (χ3v) is 2.61. The van der Waals surface area contributed by atoms with Crippen molar-refractivity contribution in [2.75, 3.05) is 32.7 Å². The van der Waals surface area contributed by atoms with Gasteiger partial charge in [-0.2, -0.15) is 0 Å². The maximum Gasteiger partial charge on any atom is 0.196 e. The summed E-state index contributed by atoms with van der Waals surface area (Å²) in [6, 6.07) is 0. The normalized spacial score (nSPS) is 22.3. The fourth-order valence-electron chi connectivity index (χ4n) is 2.03. The van der Waals surface area contributed by atoms with Gasteiger partial charge in [0.05, 0.1) is 0 Å². The molecule has 0 atom stereocenters. The van der Waals surface area contributed by atoms with E-state index in [1.165, 1.54) is 31.9 Å². The number of hydrogen-bond acceptors (Lipinski definition) is 3. The molecule has 2 rings (SSSR count). The highest BCUT2D eigenvalue weighted by molar-refractivity contribution is 5.81. The van der Waals surface area contributed by atoms with Crippen LogP contribution < -0.4 is 0 Å². The van der Waals surface area contributed by atoms with Gasteiger partial charge in [0.1, 0.15) is 0 Å². The van der Waals surface area contributed by atoms with Gasteiger partial charge in [-0.15, -0.1) is 6.58 Å². The highest BCUT2D eigenvalue weighted by Gasteiger charge is 2.24. The zero-order chi connectivity index (χ0) is 9.10. The minimum absolute atomic E-state index is 0.940. The van der Waals surface area contributed by atoms with E-state index >= 15 is 0 Å². The summed E-state index contributed by atoms with van der Waals surface area (Å²) in [6.07, 6.45) is 4.43. The Labute approximate surface area is 79.7 Å². The summed E-state index contributed by atoms with van der Waals surface area (Å²) < 4.78 is 0. The van der Waals surface area contributed by atoms with Crippen LogP contribution in [0.1, 0.15) is 12.8 Å². The summed E-state index contributed by atoms with van der Waals surface area (Å²) in [7, 11) is 0. The lowest BCUT2D eigenvalue weighted by Crippen LogP contribution is -2.52. The van der Waals surface area contributed by atoms with Crippen molar-refractivity contribution in [3.05, 3.63) is 12.7 Å². The second kappa shape index (κ2) is 3.81. The highest BCUT2D eigenvalue weighted by atomic mass is 15.4. The van der Waals surface area contributed by atoms with Gasteiger partial charge in [0.15, 0.2) is 5.96 Å². The van der Waals surface area contributed by atoms with E-state index in [1.807, 2.05) is 6.08 Å². The number of guanidine groups is 1. The summed E-state index contributed by atoms with van der Waals surface area (Å²) in [5.74, 6) is 1.21. The Kier molecular flexibility index (Phi) is 2.52. The van der Waals surface area contributed by atoms with Crippen LogP contribution >= 0.6 is 0 Å². The highest BCUT2D eigenvalue weighted by Crippen LogP contribution is 2.13. The molecular weight excluding hydrogens is 162 g/mol. The molecule has 3 heteroatoms. The molecule has 0 bridgehead atoms. The molecule has 72 valence electrons. The van der Waals surface area contributed by atoms with Crippen LogP contribution in [-0.2, 0) is 0 Å². The maximum atomic E-state index is 4.57.